The lowest BCUT2D eigenvalue weighted by Gasteiger charge is -2.20. The molecule has 1 atom stereocenters. The number of Topliss-reactive ketones (excluding diaryl/α,β-unsaturated/α-hetero) is 1. The van der Waals surface area contributed by atoms with E-state index in [1.165, 1.54) is 0 Å². The maximum absolute atomic E-state index is 11.1. The summed E-state index contributed by atoms with van der Waals surface area (Å²) in [4.78, 5) is 11.1. The molecule has 0 heterocycles. The van der Waals surface area contributed by atoms with Crippen LogP contribution in [0.25, 0.3) is 0 Å². The van der Waals surface area contributed by atoms with Crippen molar-refractivity contribution in [1.82, 2.24) is 0 Å². The van der Waals surface area contributed by atoms with Crippen LogP contribution in [0.5, 0.6) is 5.75 Å². The van der Waals surface area contributed by atoms with Gasteiger partial charge in [0, 0.05) is 11.4 Å². The van der Waals surface area contributed by atoms with Gasteiger partial charge in [0.05, 0.1) is 7.11 Å². The Hall–Kier alpha value is -1.02. The predicted molar refractivity (Wildman–Crippen MR) is 80.4 cm³/mol. The topological polar surface area (TPSA) is 26.3 Å². The number of ether oxygens (including phenoxy) is 1. The minimum Gasteiger partial charge on any atom is -0.496 e. The second kappa shape index (κ2) is 6.95. The Morgan fingerprint density at radius 3 is 2.32 bits per heavy atom. The van der Waals surface area contributed by atoms with Crippen LogP contribution in [-0.2, 0) is 4.79 Å². The molecule has 0 aliphatic carbocycles. The number of carbonyl (C=O) groups excluding carboxylic acids is 1. The number of carbonyl (C=O) groups is 1. The summed E-state index contributed by atoms with van der Waals surface area (Å²) in [6, 6.07) is 3.92. The van der Waals surface area contributed by atoms with Crippen molar-refractivity contribution in [3.05, 3.63) is 28.3 Å². The number of rotatable bonds is 6. The Morgan fingerprint density at radius 1 is 1.26 bits per heavy atom. The summed E-state index contributed by atoms with van der Waals surface area (Å²) in [5.74, 6) is 1.75. The molecule has 1 rings (SSSR count). The van der Waals surface area contributed by atoms with E-state index in [0.717, 1.165) is 28.3 Å². The molecule has 0 saturated carbocycles. The molecule has 0 aliphatic heterocycles. The SMILES string of the molecule is COc1c(C(C)C)cc(Cl)cc1C(C)CCC(C)=O. The van der Waals surface area contributed by atoms with Crippen LogP contribution in [0, 0.1) is 0 Å². The largest absolute Gasteiger partial charge is 0.496 e. The van der Waals surface area contributed by atoms with Crippen molar-refractivity contribution in [3.8, 4) is 5.75 Å². The van der Waals surface area contributed by atoms with Crippen LogP contribution in [-0.4, -0.2) is 12.9 Å². The highest BCUT2D eigenvalue weighted by Crippen LogP contribution is 2.38. The Kier molecular flexibility index (Phi) is 5.86. The van der Waals surface area contributed by atoms with Gasteiger partial charge in [-0.05, 0) is 48.4 Å². The van der Waals surface area contributed by atoms with Crippen LogP contribution in [0.2, 0.25) is 5.02 Å². The number of methoxy groups -OCH3 is 1. The molecule has 0 bridgehead atoms. The fourth-order valence-electron chi connectivity index (χ4n) is 2.24. The van der Waals surface area contributed by atoms with E-state index in [1.807, 2.05) is 12.1 Å². The molecule has 0 N–H and O–H groups in total. The highest BCUT2D eigenvalue weighted by Gasteiger charge is 2.18. The maximum Gasteiger partial charge on any atom is 0.129 e. The summed E-state index contributed by atoms with van der Waals surface area (Å²) < 4.78 is 5.58. The Balaban J connectivity index is 3.14. The van der Waals surface area contributed by atoms with Gasteiger partial charge in [-0.1, -0.05) is 32.4 Å². The van der Waals surface area contributed by atoms with Crippen LogP contribution in [0.15, 0.2) is 12.1 Å². The first kappa shape index (κ1) is 16.0. The summed E-state index contributed by atoms with van der Waals surface area (Å²) in [6.45, 7) is 7.99. The van der Waals surface area contributed by atoms with E-state index in [1.54, 1.807) is 14.0 Å². The monoisotopic (exact) mass is 282 g/mol. The van der Waals surface area contributed by atoms with Gasteiger partial charge in [-0.15, -0.1) is 0 Å². The van der Waals surface area contributed by atoms with Gasteiger partial charge in [0.1, 0.15) is 11.5 Å². The zero-order chi connectivity index (χ0) is 14.6. The molecule has 0 saturated heterocycles. The molecule has 19 heavy (non-hydrogen) atoms. The van der Waals surface area contributed by atoms with Gasteiger partial charge in [0.15, 0.2) is 0 Å². The molecule has 3 heteroatoms. The van der Waals surface area contributed by atoms with Crippen molar-refractivity contribution in [2.24, 2.45) is 0 Å². The van der Waals surface area contributed by atoms with Crippen molar-refractivity contribution in [2.45, 2.75) is 52.4 Å². The fourth-order valence-corrected chi connectivity index (χ4v) is 2.48. The minimum absolute atomic E-state index is 0.219. The average molecular weight is 283 g/mol. The Bertz CT molecular complexity index is 452. The third-order valence-electron chi connectivity index (χ3n) is 3.40. The van der Waals surface area contributed by atoms with E-state index in [4.69, 9.17) is 16.3 Å². The van der Waals surface area contributed by atoms with Crippen molar-refractivity contribution in [1.29, 1.82) is 0 Å². The summed E-state index contributed by atoms with van der Waals surface area (Å²) in [5.41, 5.74) is 2.22. The number of hydrogen-bond acceptors (Lipinski definition) is 2. The summed E-state index contributed by atoms with van der Waals surface area (Å²) in [6.07, 6.45) is 1.41. The van der Waals surface area contributed by atoms with Crippen LogP contribution >= 0.6 is 11.6 Å². The summed E-state index contributed by atoms with van der Waals surface area (Å²) in [5, 5.41) is 0.731. The van der Waals surface area contributed by atoms with Gasteiger partial charge in [-0.25, -0.2) is 0 Å². The second-order valence-electron chi connectivity index (χ2n) is 5.41. The van der Waals surface area contributed by atoms with Gasteiger partial charge in [-0.2, -0.15) is 0 Å². The van der Waals surface area contributed by atoms with Gasteiger partial charge in [-0.3, -0.25) is 0 Å². The van der Waals surface area contributed by atoms with E-state index in [-0.39, 0.29) is 11.7 Å². The smallest absolute Gasteiger partial charge is 0.129 e. The van der Waals surface area contributed by atoms with Crippen molar-refractivity contribution in [2.75, 3.05) is 7.11 Å². The molecular formula is C16H23ClO2. The first-order valence-corrected chi connectivity index (χ1v) is 7.11. The van der Waals surface area contributed by atoms with Crippen molar-refractivity contribution in [3.63, 3.8) is 0 Å². The Labute approximate surface area is 121 Å². The highest BCUT2D eigenvalue weighted by molar-refractivity contribution is 6.30. The van der Waals surface area contributed by atoms with E-state index >= 15 is 0 Å². The molecule has 2 nitrogen and oxygen atoms in total. The molecular weight excluding hydrogens is 260 g/mol. The molecule has 0 radical (unpaired) electrons. The van der Waals surface area contributed by atoms with E-state index in [2.05, 4.69) is 20.8 Å². The quantitative estimate of drug-likeness (QED) is 0.738. The number of halogens is 1. The maximum atomic E-state index is 11.1. The molecule has 106 valence electrons. The number of ketones is 1. The first-order chi connectivity index (χ1) is 8.86. The van der Waals surface area contributed by atoms with Crippen molar-refractivity contribution >= 4 is 17.4 Å². The van der Waals surface area contributed by atoms with E-state index in [0.29, 0.717) is 12.3 Å². The lowest BCUT2D eigenvalue weighted by atomic mass is 9.90. The molecule has 1 aromatic carbocycles. The predicted octanol–water partition coefficient (Wildman–Crippen LogP) is 4.94. The van der Waals surface area contributed by atoms with Crippen LogP contribution in [0.4, 0.5) is 0 Å². The standard InChI is InChI=1S/C16H23ClO2/c1-10(2)14-8-13(17)9-15(16(14)19-5)11(3)6-7-12(4)18/h8-11H,6-7H2,1-5H3. The number of hydrogen-bond donors (Lipinski definition) is 0. The number of benzene rings is 1. The fraction of sp³-hybridized carbons (Fsp3) is 0.562. The van der Waals surface area contributed by atoms with E-state index in [9.17, 15) is 4.79 Å². The molecule has 0 fully saturated rings. The lowest BCUT2D eigenvalue weighted by Crippen LogP contribution is -2.04. The highest BCUT2D eigenvalue weighted by atomic mass is 35.5. The Morgan fingerprint density at radius 2 is 1.84 bits per heavy atom. The van der Waals surface area contributed by atoms with Crippen LogP contribution in [0.3, 0.4) is 0 Å². The third kappa shape index (κ3) is 4.24. The molecule has 0 aliphatic rings. The normalized spacial score (nSPS) is 12.6. The average Bonchev–Trinajstić information content (AvgIpc) is 2.34. The summed E-state index contributed by atoms with van der Waals surface area (Å²) >= 11 is 6.21. The second-order valence-corrected chi connectivity index (χ2v) is 5.85. The molecule has 1 unspecified atom stereocenters. The zero-order valence-electron chi connectivity index (χ0n) is 12.4. The van der Waals surface area contributed by atoms with Gasteiger partial charge in [0.2, 0.25) is 0 Å². The first-order valence-electron chi connectivity index (χ1n) is 6.73. The van der Waals surface area contributed by atoms with Gasteiger partial charge < -0.3 is 9.53 Å². The molecule has 0 aromatic heterocycles. The van der Waals surface area contributed by atoms with Gasteiger partial charge in [0.25, 0.3) is 0 Å². The summed E-state index contributed by atoms with van der Waals surface area (Å²) in [7, 11) is 1.69. The molecule has 0 amide bonds. The van der Waals surface area contributed by atoms with Gasteiger partial charge >= 0.3 is 0 Å². The van der Waals surface area contributed by atoms with Crippen LogP contribution in [0.1, 0.15) is 63.5 Å². The zero-order valence-corrected chi connectivity index (χ0v) is 13.2. The van der Waals surface area contributed by atoms with Crippen molar-refractivity contribution < 1.29 is 9.53 Å². The third-order valence-corrected chi connectivity index (χ3v) is 3.62. The van der Waals surface area contributed by atoms with E-state index < -0.39 is 0 Å². The molecule has 0 spiro atoms. The van der Waals surface area contributed by atoms with Crippen LogP contribution < -0.4 is 4.74 Å². The minimum atomic E-state index is 0.219. The lowest BCUT2D eigenvalue weighted by molar-refractivity contribution is -0.117. The molecule has 1 aromatic rings.